The van der Waals surface area contributed by atoms with Crippen molar-refractivity contribution in [3.05, 3.63) is 99.7 Å². The molecule has 0 bridgehead atoms. The number of fused-ring (bicyclic) bond motifs is 1. The zero-order valence-electron chi connectivity index (χ0n) is 15.6. The minimum absolute atomic E-state index is 0.148. The lowest BCUT2D eigenvalue weighted by Gasteiger charge is -2.06. The Kier molecular flexibility index (Phi) is 4.84. The van der Waals surface area contributed by atoms with E-state index in [0.29, 0.717) is 39.2 Å². The molecule has 0 aliphatic heterocycles. The van der Waals surface area contributed by atoms with E-state index in [4.69, 9.17) is 9.15 Å². The van der Waals surface area contributed by atoms with Crippen LogP contribution in [0.3, 0.4) is 0 Å². The molecule has 0 radical (unpaired) electrons. The highest BCUT2D eigenvalue weighted by atomic mass is 16.5. The topological polar surface area (TPSA) is 63.2 Å². The Labute approximate surface area is 167 Å². The average molecular weight is 377 g/mol. The van der Waals surface area contributed by atoms with E-state index in [9.17, 15) is 10.1 Å². The van der Waals surface area contributed by atoms with Crippen molar-refractivity contribution < 1.29 is 9.15 Å². The standard InChI is InChI=1S/C25H15NO3/c1-28-21-11-12-22-23(27)15-24(29-25(22)14-21)19-9-10-20(16-26)18(13-19)8-7-17-5-3-2-4-6-17/h2-6,9-15H,1H3. The van der Waals surface area contributed by atoms with Crippen molar-refractivity contribution in [3.63, 3.8) is 0 Å². The molecule has 0 saturated carbocycles. The lowest BCUT2D eigenvalue weighted by Crippen LogP contribution is -2.00. The van der Waals surface area contributed by atoms with E-state index in [2.05, 4.69) is 17.9 Å². The smallest absolute Gasteiger partial charge is 0.193 e. The molecule has 4 aromatic rings. The highest BCUT2D eigenvalue weighted by molar-refractivity contribution is 5.80. The van der Waals surface area contributed by atoms with Crippen LogP contribution in [0.4, 0.5) is 0 Å². The van der Waals surface area contributed by atoms with Gasteiger partial charge in [0, 0.05) is 28.8 Å². The molecule has 4 rings (SSSR count). The molecule has 0 amide bonds. The molecule has 0 fully saturated rings. The summed E-state index contributed by atoms with van der Waals surface area (Å²) in [6, 6.07) is 23.4. The van der Waals surface area contributed by atoms with Crippen LogP contribution in [0.1, 0.15) is 16.7 Å². The molecule has 0 unspecified atom stereocenters. The van der Waals surface area contributed by atoms with Crippen molar-refractivity contribution in [2.24, 2.45) is 0 Å². The molecular formula is C25H15NO3. The summed E-state index contributed by atoms with van der Waals surface area (Å²) in [5, 5.41) is 9.89. The van der Waals surface area contributed by atoms with E-state index < -0.39 is 0 Å². The highest BCUT2D eigenvalue weighted by Crippen LogP contribution is 2.26. The molecule has 1 aromatic heterocycles. The lowest BCUT2D eigenvalue weighted by molar-refractivity contribution is 0.414. The molecule has 29 heavy (non-hydrogen) atoms. The SMILES string of the molecule is COc1ccc2c(=O)cc(-c3ccc(C#N)c(C#Cc4ccccc4)c3)oc2c1. The van der Waals surface area contributed by atoms with E-state index in [1.807, 2.05) is 30.3 Å². The molecule has 0 aliphatic rings. The summed E-state index contributed by atoms with van der Waals surface area (Å²) in [5.74, 6) is 7.12. The van der Waals surface area contributed by atoms with Gasteiger partial charge in [-0.25, -0.2) is 0 Å². The van der Waals surface area contributed by atoms with E-state index in [1.165, 1.54) is 6.07 Å². The van der Waals surface area contributed by atoms with Gasteiger partial charge >= 0.3 is 0 Å². The molecule has 0 spiro atoms. The maximum absolute atomic E-state index is 12.5. The fourth-order valence-corrected chi connectivity index (χ4v) is 2.96. The Bertz CT molecular complexity index is 1370. The average Bonchev–Trinajstić information content (AvgIpc) is 2.77. The number of rotatable bonds is 2. The van der Waals surface area contributed by atoms with E-state index in [0.717, 1.165) is 5.56 Å². The first-order valence-corrected chi connectivity index (χ1v) is 8.91. The number of hydrogen-bond acceptors (Lipinski definition) is 4. The Hall–Kier alpha value is -4.28. The van der Waals surface area contributed by atoms with Crippen LogP contribution in [0.25, 0.3) is 22.3 Å². The van der Waals surface area contributed by atoms with Crippen molar-refractivity contribution in [1.82, 2.24) is 0 Å². The first-order chi connectivity index (χ1) is 14.2. The largest absolute Gasteiger partial charge is 0.497 e. The van der Waals surface area contributed by atoms with Crippen molar-refractivity contribution in [2.75, 3.05) is 7.11 Å². The van der Waals surface area contributed by atoms with Gasteiger partial charge in [-0.2, -0.15) is 5.26 Å². The lowest BCUT2D eigenvalue weighted by atomic mass is 10.0. The molecule has 4 nitrogen and oxygen atoms in total. The van der Waals surface area contributed by atoms with Gasteiger partial charge in [-0.3, -0.25) is 4.79 Å². The Balaban J connectivity index is 1.83. The van der Waals surface area contributed by atoms with Gasteiger partial charge < -0.3 is 9.15 Å². The number of ether oxygens (including phenoxy) is 1. The van der Waals surface area contributed by atoms with Gasteiger partial charge in [-0.15, -0.1) is 0 Å². The van der Waals surface area contributed by atoms with Crippen LogP contribution >= 0.6 is 0 Å². The van der Waals surface area contributed by atoms with E-state index in [-0.39, 0.29) is 5.43 Å². The molecule has 0 saturated heterocycles. The van der Waals surface area contributed by atoms with E-state index in [1.54, 1.807) is 43.5 Å². The molecule has 3 aromatic carbocycles. The molecule has 138 valence electrons. The van der Waals surface area contributed by atoms with Crippen molar-refractivity contribution in [3.8, 4) is 35.0 Å². The summed E-state index contributed by atoms with van der Waals surface area (Å²) in [6.45, 7) is 0. The van der Waals surface area contributed by atoms with Crippen LogP contribution in [0, 0.1) is 23.2 Å². The molecule has 4 heteroatoms. The van der Waals surface area contributed by atoms with E-state index >= 15 is 0 Å². The first kappa shape index (κ1) is 18.1. The molecule has 0 atom stereocenters. The zero-order chi connectivity index (χ0) is 20.2. The van der Waals surface area contributed by atoms with Gasteiger partial charge in [0.2, 0.25) is 0 Å². The van der Waals surface area contributed by atoms with Gasteiger partial charge in [0.1, 0.15) is 23.2 Å². The summed E-state index contributed by atoms with van der Waals surface area (Å²) in [6.07, 6.45) is 0. The molecular weight excluding hydrogens is 362 g/mol. The predicted octanol–water partition coefficient (Wildman–Crippen LogP) is 4.74. The Morgan fingerprint density at radius 2 is 1.72 bits per heavy atom. The fourth-order valence-electron chi connectivity index (χ4n) is 2.96. The minimum Gasteiger partial charge on any atom is -0.497 e. The number of benzene rings is 3. The summed E-state index contributed by atoms with van der Waals surface area (Å²) in [4.78, 5) is 12.5. The summed E-state index contributed by atoms with van der Waals surface area (Å²) in [5.41, 5.74) is 2.84. The normalized spacial score (nSPS) is 10.1. The quantitative estimate of drug-likeness (QED) is 0.473. The Morgan fingerprint density at radius 1 is 0.897 bits per heavy atom. The molecule has 1 heterocycles. The van der Waals surface area contributed by atoms with Crippen LogP contribution in [-0.4, -0.2) is 7.11 Å². The number of methoxy groups -OCH3 is 1. The van der Waals surface area contributed by atoms with Crippen molar-refractivity contribution in [1.29, 1.82) is 5.26 Å². The van der Waals surface area contributed by atoms with Crippen LogP contribution in [0.15, 0.2) is 82.0 Å². The third-order valence-electron chi connectivity index (χ3n) is 4.48. The van der Waals surface area contributed by atoms with Gasteiger partial charge in [0.15, 0.2) is 5.43 Å². The third kappa shape index (κ3) is 3.74. The Morgan fingerprint density at radius 3 is 2.48 bits per heavy atom. The van der Waals surface area contributed by atoms with Crippen LogP contribution in [-0.2, 0) is 0 Å². The van der Waals surface area contributed by atoms with Crippen molar-refractivity contribution in [2.45, 2.75) is 0 Å². The minimum atomic E-state index is -0.148. The second-order valence-corrected chi connectivity index (χ2v) is 6.33. The fraction of sp³-hybridized carbons (Fsp3) is 0.0400. The van der Waals surface area contributed by atoms with Crippen LogP contribution in [0.2, 0.25) is 0 Å². The van der Waals surface area contributed by atoms with Crippen LogP contribution in [0.5, 0.6) is 5.75 Å². The highest BCUT2D eigenvalue weighted by Gasteiger charge is 2.10. The number of nitrogens with zero attached hydrogens (tertiary/aromatic N) is 1. The summed E-state index contributed by atoms with van der Waals surface area (Å²) in [7, 11) is 1.56. The maximum atomic E-state index is 12.5. The summed E-state index contributed by atoms with van der Waals surface area (Å²) < 4.78 is 11.2. The molecule has 0 N–H and O–H groups in total. The molecule has 0 aliphatic carbocycles. The maximum Gasteiger partial charge on any atom is 0.193 e. The monoisotopic (exact) mass is 377 g/mol. The number of nitriles is 1. The number of hydrogen-bond donors (Lipinski definition) is 0. The first-order valence-electron chi connectivity index (χ1n) is 8.91. The second-order valence-electron chi connectivity index (χ2n) is 6.33. The van der Waals surface area contributed by atoms with Gasteiger partial charge in [0.05, 0.1) is 18.1 Å². The van der Waals surface area contributed by atoms with Crippen LogP contribution < -0.4 is 10.2 Å². The third-order valence-corrected chi connectivity index (χ3v) is 4.48. The van der Waals surface area contributed by atoms with Gasteiger partial charge in [0.25, 0.3) is 0 Å². The van der Waals surface area contributed by atoms with Gasteiger partial charge in [-0.05, 0) is 42.5 Å². The van der Waals surface area contributed by atoms with Gasteiger partial charge in [-0.1, -0.05) is 30.0 Å². The predicted molar refractivity (Wildman–Crippen MR) is 112 cm³/mol. The summed E-state index contributed by atoms with van der Waals surface area (Å²) >= 11 is 0. The van der Waals surface area contributed by atoms with Crippen molar-refractivity contribution >= 4 is 11.0 Å². The second kappa shape index (κ2) is 7.76. The zero-order valence-corrected chi connectivity index (χ0v) is 15.6.